The van der Waals surface area contributed by atoms with Crippen LogP contribution in [0.2, 0.25) is 0 Å². The van der Waals surface area contributed by atoms with Crippen LogP contribution in [0.25, 0.3) is 6.08 Å². The quantitative estimate of drug-likeness (QED) is 0.770. The molecule has 3 rings (SSSR count). The SMILES string of the molecule is O=C(NC(C(=O)/C=C/c1ccccc1)c1ccccc1)C1CCCCC1. The summed E-state index contributed by atoms with van der Waals surface area (Å²) in [6, 6.07) is 18.5. The molecule has 1 unspecified atom stereocenters. The molecule has 0 aromatic heterocycles. The molecule has 0 saturated heterocycles. The number of benzene rings is 2. The first-order chi connectivity index (χ1) is 12.7. The Bertz CT molecular complexity index is 746. The number of carbonyl (C=O) groups excluding carboxylic acids is 2. The van der Waals surface area contributed by atoms with Crippen LogP contribution in [0.5, 0.6) is 0 Å². The summed E-state index contributed by atoms with van der Waals surface area (Å²) in [5.74, 6) is -0.0786. The summed E-state index contributed by atoms with van der Waals surface area (Å²) < 4.78 is 0. The van der Waals surface area contributed by atoms with E-state index >= 15 is 0 Å². The Morgan fingerprint density at radius 3 is 2.15 bits per heavy atom. The highest BCUT2D eigenvalue weighted by Gasteiger charge is 2.26. The molecule has 1 atom stereocenters. The fraction of sp³-hybridized carbons (Fsp3) is 0.304. The second-order valence-corrected chi connectivity index (χ2v) is 6.83. The predicted octanol–water partition coefficient (Wildman–Crippen LogP) is 4.71. The second kappa shape index (κ2) is 9.14. The topological polar surface area (TPSA) is 46.2 Å². The highest BCUT2D eigenvalue weighted by atomic mass is 16.2. The van der Waals surface area contributed by atoms with Gasteiger partial charge < -0.3 is 5.32 Å². The van der Waals surface area contributed by atoms with Crippen molar-refractivity contribution >= 4 is 17.8 Å². The molecule has 1 N–H and O–H groups in total. The number of hydrogen-bond acceptors (Lipinski definition) is 2. The van der Waals surface area contributed by atoms with E-state index in [-0.39, 0.29) is 17.6 Å². The van der Waals surface area contributed by atoms with Gasteiger partial charge in [0.2, 0.25) is 5.91 Å². The van der Waals surface area contributed by atoms with Crippen molar-refractivity contribution < 1.29 is 9.59 Å². The van der Waals surface area contributed by atoms with Crippen molar-refractivity contribution in [1.82, 2.24) is 5.32 Å². The zero-order chi connectivity index (χ0) is 18.2. The van der Waals surface area contributed by atoms with Gasteiger partial charge in [0.1, 0.15) is 6.04 Å². The van der Waals surface area contributed by atoms with E-state index in [1.807, 2.05) is 60.7 Å². The van der Waals surface area contributed by atoms with Crippen molar-refractivity contribution in [3.05, 3.63) is 77.9 Å². The summed E-state index contributed by atoms with van der Waals surface area (Å²) >= 11 is 0. The Balaban J connectivity index is 1.75. The molecule has 0 radical (unpaired) electrons. The summed E-state index contributed by atoms with van der Waals surface area (Å²) in [5, 5.41) is 3.00. The number of carbonyl (C=O) groups is 2. The van der Waals surface area contributed by atoms with Crippen LogP contribution in [0.1, 0.15) is 49.3 Å². The third kappa shape index (κ3) is 4.92. The molecule has 0 heterocycles. The highest BCUT2D eigenvalue weighted by molar-refractivity contribution is 6.00. The molecule has 134 valence electrons. The van der Waals surface area contributed by atoms with Gasteiger partial charge in [-0.3, -0.25) is 9.59 Å². The molecule has 0 aliphatic heterocycles. The van der Waals surface area contributed by atoms with Crippen LogP contribution in [0.15, 0.2) is 66.7 Å². The van der Waals surface area contributed by atoms with Crippen LogP contribution in [0.4, 0.5) is 0 Å². The lowest BCUT2D eigenvalue weighted by atomic mass is 9.88. The number of rotatable bonds is 6. The van der Waals surface area contributed by atoms with E-state index in [1.165, 1.54) is 6.42 Å². The third-order valence-corrected chi connectivity index (χ3v) is 4.92. The van der Waals surface area contributed by atoms with Gasteiger partial charge in [-0.15, -0.1) is 0 Å². The molecule has 1 fully saturated rings. The Morgan fingerprint density at radius 2 is 1.50 bits per heavy atom. The van der Waals surface area contributed by atoms with Gasteiger partial charge in [0.05, 0.1) is 0 Å². The number of amides is 1. The lowest BCUT2D eigenvalue weighted by Crippen LogP contribution is -2.38. The molecule has 26 heavy (non-hydrogen) atoms. The Hall–Kier alpha value is -2.68. The molecule has 1 saturated carbocycles. The van der Waals surface area contributed by atoms with Gasteiger partial charge in [0, 0.05) is 5.92 Å². The van der Waals surface area contributed by atoms with Gasteiger partial charge in [-0.1, -0.05) is 86.0 Å². The van der Waals surface area contributed by atoms with Crippen molar-refractivity contribution in [2.75, 3.05) is 0 Å². The zero-order valence-electron chi connectivity index (χ0n) is 14.9. The smallest absolute Gasteiger partial charge is 0.223 e. The molecule has 2 aromatic carbocycles. The normalized spacial score (nSPS) is 16.3. The minimum absolute atomic E-state index is 0.0000131. The molecule has 1 aliphatic carbocycles. The maximum absolute atomic E-state index is 12.8. The summed E-state index contributed by atoms with van der Waals surface area (Å²) in [6.07, 6.45) is 8.58. The fourth-order valence-corrected chi connectivity index (χ4v) is 3.43. The van der Waals surface area contributed by atoms with Gasteiger partial charge in [-0.2, -0.15) is 0 Å². The van der Waals surface area contributed by atoms with Crippen LogP contribution in [0.3, 0.4) is 0 Å². The molecule has 3 nitrogen and oxygen atoms in total. The molecule has 1 aliphatic rings. The van der Waals surface area contributed by atoms with Crippen molar-refractivity contribution in [1.29, 1.82) is 0 Å². The predicted molar refractivity (Wildman–Crippen MR) is 104 cm³/mol. The molecular formula is C23H25NO2. The van der Waals surface area contributed by atoms with Crippen molar-refractivity contribution in [3.63, 3.8) is 0 Å². The summed E-state index contributed by atoms with van der Waals surface area (Å²) in [7, 11) is 0. The van der Waals surface area contributed by atoms with Crippen LogP contribution in [-0.4, -0.2) is 11.7 Å². The molecule has 3 heteroatoms. The van der Waals surface area contributed by atoms with E-state index < -0.39 is 6.04 Å². The average Bonchev–Trinajstić information content (AvgIpc) is 2.72. The van der Waals surface area contributed by atoms with Gasteiger partial charge in [-0.25, -0.2) is 0 Å². The lowest BCUT2D eigenvalue weighted by Gasteiger charge is -2.24. The van der Waals surface area contributed by atoms with Crippen molar-refractivity contribution in [2.45, 2.75) is 38.1 Å². The Kier molecular flexibility index (Phi) is 6.37. The van der Waals surface area contributed by atoms with Crippen molar-refractivity contribution in [2.24, 2.45) is 5.92 Å². The van der Waals surface area contributed by atoms with Crippen LogP contribution in [-0.2, 0) is 9.59 Å². The maximum Gasteiger partial charge on any atom is 0.223 e. The first kappa shape index (κ1) is 18.1. The van der Waals surface area contributed by atoms with E-state index in [0.29, 0.717) is 0 Å². The third-order valence-electron chi connectivity index (χ3n) is 4.92. The van der Waals surface area contributed by atoms with Gasteiger partial charge in [-0.05, 0) is 30.0 Å². The van der Waals surface area contributed by atoms with E-state index in [9.17, 15) is 9.59 Å². The first-order valence-corrected chi connectivity index (χ1v) is 9.36. The number of nitrogens with one attached hydrogen (secondary N) is 1. The van der Waals surface area contributed by atoms with E-state index in [2.05, 4.69) is 5.32 Å². The van der Waals surface area contributed by atoms with Crippen LogP contribution in [0, 0.1) is 5.92 Å². The largest absolute Gasteiger partial charge is 0.342 e. The Morgan fingerprint density at radius 1 is 0.885 bits per heavy atom. The minimum Gasteiger partial charge on any atom is -0.342 e. The van der Waals surface area contributed by atoms with Gasteiger partial charge >= 0.3 is 0 Å². The summed E-state index contributed by atoms with van der Waals surface area (Å²) in [6.45, 7) is 0. The number of ketones is 1. The standard InChI is InChI=1S/C23H25NO2/c25-21(17-16-18-10-4-1-5-11-18)22(19-12-6-2-7-13-19)24-23(26)20-14-8-3-9-15-20/h1-2,4-7,10-13,16-17,20,22H,3,8-9,14-15H2,(H,24,26)/b17-16+. The molecule has 0 spiro atoms. The molecular weight excluding hydrogens is 322 g/mol. The number of hydrogen-bond donors (Lipinski definition) is 1. The zero-order valence-corrected chi connectivity index (χ0v) is 14.9. The molecule has 1 amide bonds. The van der Waals surface area contributed by atoms with E-state index in [1.54, 1.807) is 12.2 Å². The summed E-state index contributed by atoms with van der Waals surface area (Å²) in [4.78, 5) is 25.5. The second-order valence-electron chi connectivity index (χ2n) is 6.83. The minimum atomic E-state index is -0.634. The van der Waals surface area contributed by atoms with E-state index in [0.717, 1.165) is 36.8 Å². The molecule has 0 bridgehead atoms. The van der Waals surface area contributed by atoms with Crippen LogP contribution >= 0.6 is 0 Å². The highest BCUT2D eigenvalue weighted by Crippen LogP contribution is 2.25. The Labute approximate surface area is 155 Å². The van der Waals surface area contributed by atoms with Crippen molar-refractivity contribution in [3.8, 4) is 0 Å². The van der Waals surface area contributed by atoms with Gasteiger partial charge in [0.25, 0.3) is 0 Å². The monoisotopic (exact) mass is 347 g/mol. The average molecular weight is 347 g/mol. The first-order valence-electron chi connectivity index (χ1n) is 9.36. The fourth-order valence-electron chi connectivity index (χ4n) is 3.43. The lowest BCUT2D eigenvalue weighted by molar-refractivity contribution is -0.129. The molecule has 2 aromatic rings. The van der Waals surface area contributed by atoms with E-state index in [4.69, 9.17) is 0 Å². The summed E-state index contributed by atoms with van der Waals surface area (Å²) in [5.41, 5.74) is 1.78. The van der Waals surface area contributed by atoms with Gasteiger partial charge in [0.15, 0.2) is 5.78 Å². The maximum atomic E-state index is 12.8. The van der Waals surface area contributed by atoms with Crippen LogP contribution < -0.4 is 5.32 Å².